The van der Waals surface area contributed by atoms with Crippen molar-refractivity contribution in [3.05, 3.63) is 59.8 Å². The molecule has 0 bridgehead atoms. The highest BCUT2D eigenvalue weighted by Crippen LogP contribution is 2.39. The van der Waals surface area contributed by atoms with Crippen LogP contribution in [0.1, 0.15) is 18.1 Å². The molecular weight excluding hydrogens is 628 g/mol. The van der Waals surface area contributed by atoms with Crippen LogP contribution in [-0.2, 0) is 26.0 Å². The van der Waals surface area contributed by atoms with Gasteiger partial charge in [0.15, 0.2) is 22.3 Å². The molecule has 19 heteroatoms. The molecule has 3 rings (SSSR count). The van der Waals surface area contributed by atoms with Crippen molar-refractivity contribution in [1.82, 2.24) is 14.8 Å². The van der Waals surface area contributed by atoms with E-state index in [9.17, 15) is 52.0 Å². The average Bonchev–Trinajstić information content (AvgIpc) is 2.89. The number of pyridine rings is 2. The number of anilines is 1. The third-order valence-electron chi connectivity index (χ3n) is 5.46. The lowest BCUT2D eigenvalue weighted by molar-refractivity contribution is -0.290. The molecule has 0 aliphatic rings. The number of hydrogen-bond donors (Lipinski definition) is 2. The van der Waals surface area contributed by atoms with E-state index < -0.39 is 83.9 Å². The number of nitrogens with zero attached hydrogens (tertiary/aromatic N) is 2. The van der Waals surface area contributed by atoms with Gasteiger partial charge in [0.1, 0.15) is 17.0 Å². The standard InChI is InChI=1S/C23H20F8N4O5S2/c1-3-41(36,37)18-10-16(22(26,27)28)20(34-35-42(38,39)15-7-4-13(2)5-8-15)33-19(18)17-9-6-14(11-32-17)40-12-21(24,25)23(29,30)31/h4-11,35H,3,12H2,1-2H3,(H,33,34). The Bertz CT molecular complexity index is 1640. The lowest BCUT2D eigenvalue weighted by Gasteiger charge is -2.20. The molecule has 0 unspecified atom stereocenters. The van der Waals surface area contributed by atoms with Crippen LogP contribution in [0.4, 0.5) is 40.9 Å². The molecule has 9 nitrogen and oxygen atoms in total. The third kappa shape index (κ3) is 7.43. The van der Waals surface area contributed by atoms with Gasteiger partial charge in [0, 0.05) is 0 Å². The fourth-order valence-corrected chi connectivity index (χ4v) is 5.03. The highest BCUT2D eigenvalue weighted by atomic mass is 32.2. The zero-order valence-electron chi connectivity index (χ0n) is 21.3. The summed E-state index contributed by atoms with van der Waals surface area (Å²) in [6, 6.07) is 7.09. The third-order valence-corrected chi connectivity index (χ3v) is 8.46. The van der Waals surface area contributed by atoms with Crippen molar-refractivity contribution in [1.29, 1.82) is 0 Å². The molecule has 0 radical (unpaired) electrons. The van der Waals surface area contributed by atoms with Crippen LogP contribution in [0.25, 0.3) is 11.4 Å². The van der Waals surface area contributed by atoms with Gasteiger partial charge in [-0.05, 0) is 37.3 Å². The van der Waals surface area contributed by atoms with E-state index >= 15 is 0 Å². The number of rotatable bonds is 10. The molecule has 230 valence electrons. The van der Waals surface area contributed by atoms with Crippen molar-refractivity contribution < 1.29 is 56.7 Å². The smallest absolute Gasteiger partial charge is 0.456 e. The van der Waals surface area contributed by atoms with E-state index in [1.807, 2.05) is 5.43 Å². The summed E-state index contributed by atoms with van der Waals surface area (Å²) >= 11 is 0. The van der Waals surface area contributed by atoms with Crippen LogP contribution in [0.3, 0.4) is 0 Å². The number of hydrogen-bond acceptors (Lipinski definition) is 8. The number of sulfone groups is 1. The summed E-state index contributed by atoms with van der Waals surface area (Å²) in [4.78, 5) is 7.81. The number of aryl methyl sites for hydroxylation is 1. The van der Waals surface area contributed by atoms with Gasteiger partial charge in [-0.3, -0.25) is 10.4 Å². The van der Waals surface area contributed by atoms with E-state index in [0.29, 0.717) is 11.8 Å². The van der Waals surface area contributed by atoms with Crippen molar-refractivity contribution in [2.24, 2.45) is 0 Å². The van der Waals surface area contributed by atoms with Crippen LogP contribution in [-0.4, -0.2) is 51.3 Å². The molecule has 0 spiro atoms. The molecule has 0 aliphatic heterocycles. The number of benzene rings is 1. The zero-order chi connectivity index (χ0) is 31.7. The molecule has 3 aromatic rings. The fourth-order valence-electron chi connectivity index (χ4n) is 3.14. The van der Waals surface area contributed by atoms with E-state index in [0.717, 1.165) is 19.1 Å². The summed E-state index contributed by atoms with van der Waals surface area (Å²) < 4.78 is 160. The van der Waals surface area contributed by atoms with Gasteiger partial charge in [0.05, 0.1) is 27.4 Å². The summed E-state index contributed by atoms with van der Waals surface area (Å²) in [7, 11) is -8.90. The second-order valence-electron chi connectivity index (χ2n) is 8.55. The van der Waals surface area contributed by atoms with Gasteiger partial charge in [-0.1, -0.05) is 24.6 Å². The van der Waals surface area contributed by atoms with E-state index in [2.05, 4.69) is 14.7 Å². The summed E-state index contributed by atoms with van der Waals surface area (Å²) in [6.45, 7) is 0.680. The van der Waals surface area contributed by atoms with Crippen LogP contribution in [0.2, 0.25) is 0 Å². The Hall–Kier alpha value is -3.58. The Morgan fingerprint density at radius 1 is 0.905 bits per heavy atom. The number of nitrogens with one attached hydrogen (secondary N) is 2. The first-order valence-corrected chi connectivity index (χ1v) is 14.5. The molecule has 0 atom stereocenters. The largest absolute Gasteiger partial charge is 0.485 e. The van der Waals surface area contributed by atoms with Crippen LogP contribution < -0.4 is 15.0 Å². The van der Waals surface area contributed by atoms with Gasteiger partial charge < -0.3 is 4.74 Å². The van der Waals surface area contributed by atoms with E-state index in [1.54, 1.807) is 11.8 Å². The molecule has 0 saturated heterocycles. The highest BCUT2D eigenvalue weighted by molar-refractivity contribution is 7.91. The quantitative estimate of drug-likeness (QED) is 0.229. The van der Waals surface area contributed by atoms with E-state index in [4.69, 9.17) is 0 Å². The fraction of sp³-hybridized carbons (Fsp3) is 0.304. The molecule has 2 aromatic heterocycles. The summed E-state index contributed by atoms with van der Waals surface area (Å²) in [5, 5.41) is 0. The SMILES string of the molecule is CCS(=O)(=O)c1cc(C(F)(F)F)c(NNS(=O)(=O)c2ccc(C)cc2)nc1-c1ccc(OCC(F)(F)C(F)(F)F)cn1. The molecule has 0 saturated carbocycles. The van der Waals surface area contributed by atoms with Crippen molar-refractivity contribution in [3.8, 4) is 17.1 Å². The first kappa shape index (κ1) is 32.9. The second kappa shape index (κ2) is 11.6. The molecule has 0 amide bonds. The molecular formula is C23H20F8N4O5S2. The van der Waals surface area contributed by atoms with Crippen molar-refractivity contribution in [2.75, 3.05) is 17.8 Å². The van der Waals surface area contributed by atoms with Gasteiger partial charge in [0.25, 0.3) is 10.0 Å². The van der Waals surface area contributed by atoms with Gasteiger partial charge in [-0.2, -0.15) is 35.1 Å². The maximum atomic E-state index is 13.9. The van der Waals surface area contributed by atoms with Gasteiger partial charge in [-0.15, -0.1) is 4.83 Å². The van der Waals surface area contributed by atoms with Crippen LogP contribution in [0.15, 0.2) is 58.5 Å². The Balaban J connectivity index is 2.06. The minimum atomic E-state index is -5.90. The molecule has 0 aliphatic carbocycles. The first-order valence-electron chi connectivity index (χ1n) is 11.4. The number of hydrazine groups is 1. The lowest BCUT2D eigenvalue weighted by Crippen LogP contribution is -2.41. The Morgan fingerprint density at radius 3 is 2.02 bits per heavy atom. The van der Waals surface area contributed by atoms with Crippen LogP contribution in [0, 0.1) is 6.92 Å². The molecule has 2 N–H and O–H groups in total. The maximum Gasteiger partial charge on any atom is 0.456 e. The van der Waals surface area contributed by atoms with Crippen LogP contribution in [0.5, 0.6) is 5.75 Å². The normalized spacial score (nSPS) is 13.2. The number of sulfonamides is 1. The predicted molar refractivity (Wildman–Crippen MR) is 132 cm³/mol. The van der Waals surface area contributed by atoms with Crippen molar-refractivity contribution >= 4 is 25.7 Å². The average molecular weight is 649 g/mol. The van der Waals surface area contributed by atoms with Crippen LogP contribution >= 0.6 is 0 Å². The molecule has 0 fully saturated rings. The monoisotopic (exact) mass is 648 g/mol. The van der Waals surface area contributed by atoms with Crippen molar-refractivity contribution in [3.63, 3.8) is 0 Å². The molecule has 2 heterocycles. The Labute approximate surface area is 233 Å². The highest BCUT2D eigenvalue weighted by Gasteiger charge is 2.58. The van der Waals surface area contributed by atoms with E-state index in [1.165, 1.54) is 24.3 Å². The Morgan fingerprint density at radius 2 is 1.52 bits per heavy atom. The summed E-state index contributed by atoms with van der Waals surface area (Å²) in [5.74, 6) is -7.69. The zero-order valence-corrected chi connectivity index (χ0v) is 22.9. The minimum absolute atomic E-state index is 0.208. The first-order chi connectivity index (χ1) is 19.2. The maximum absolute atomic E-state index is 13.9. The number of alkyl halides is 8. The Kier molecular flexibility index (Phi) is 9.09. The predicted octanol–water partition coefficient (Wildman–Crippen LogP) is 5.15. The van der Waals surface area contributed by atoms with Gasteiger partial charge >= 0.3 is 18.3 Å². The minimum Gasteiger partial charge on any atom is -0.485 e. The summed E-state index contributed by atoms with van der Waals surface area (Å²) in [6.07, 6.45) is -10.5. The number of aromatic nitrogens is 2. The van der Waals surface area contributed by atoms with E-state index in [-0.39, 0.29) is 11.0 Å². The molecule has 1 aromatic carbocycles. The summed E-state index contributed by atoms with van der Waals surface area (Å²) in [5.41, 5.74) is -0.315. The lowest BCUT2D eigenvalue weighted by atomic mass is 10.2. The number of halogens is 8. The van der Waals surface area contributed by atoms with Gasteiger partial charge in [-0.25, -0.2) is 21.8 Å². The van der Waals surface area contributed by atoms with Crippen molar-refractivity contribution in [2.45, 2.75) is 41.9 Å². The second-order valence-corrected chi connectivity index (χ2v) is 12.5. The molecule has 42 heavy (non-hydrogen) atoms. The number of ether oxygens (including phenoxy) is 1. The topological polar surface area (TPSA) is 127 Å². The van der Waals surface area contributed by atoms with Gasteiger partial charge in [0.2, 0.25) is 0 Å².